The van der Waals surface area contributed by atoms with Gasteiger partial charge in [-0.15, -0.1) is 0 Å². The second-order valence-electron chi connectivity index (χ2n) is 8.02. The highest BCUT2D eigenvalue weighted by Gasteiger charge is 2.25. The van der Waals surface area contributed by atoms with E-state index in [0.717, 1.165) is 27.9 Å². The van der Waals surface area contributed by atoms with Crippen molar-refractivity contribution in [1.29, 1.82) is 0 Å². The van der Waals surface area contributed by atoms with Crippen LogP contribution in [0.2, 0.25) is 0 Å². The van der Waals surface area contributed by atoms with Crippen LogP contribution in [0.3, 0.4) is 0 Å². The van der Waals surface area contributed by atoms with Crippen molar-refractivity contribution in [3.05, 3.63) is 65.0 Å². The molecule has 3 rings (SSSR count). The van der Waals surface area contributed by atoms with E-state index in [0.29, 0.717) is 17.9 Å². The molecule has 1 aliphatic rings. The summed E-state index contributed by atoms with van der Waals surface area (Å²) in [6.07, 6.45) is 3.64. The zero-order chi connectivity index (χ0) is 22.0. The molecule has 158 valence electrons. The van der Waals surface area contributed by atoms with Crippen LogP contribution >= 0.6 is 0 Å². The van der Waals surface area contributed by atoms with Crippen LogP contribution < -0.4 is 5.32 Å². The third-order valence-corrected chi connectivity index (χ3v) is 5.37. The summed E-state index contributed by atoms with van der Waals surface area (Å²) in [6, 6.07) is 5.77. The molecule has 2 aromatic heterocycles. The average Bonchev–Trinajstić information content (AvgIpc) is 3.12. The van der Waals surface area contributed by atoms with Crippen LogP contribution in [0.4, 0.5) is 0 Å². The van der Waals surface area contributed by atoms with Gasteiger partial charge in [0.15, 0.2) is 0 Å². The summed E-state index contributed by atoms with van der Waals surface area (Å²) in [5.74, 6) is -0.849. The molecule has 0 aromatic carbocycles. The zero-order valence-corrected chi connectivity index (χ0v) is 18.3. The highest BCUT2D eigenvalue weighted by atomic mass is 16.5. The third-order valence-electron chi connectivity index (χ3n) is 5.37. The summed E-state index contributed by atoms with van der Waals surface area (Å²) in [6.45, 7) is 14.1. The average molecular weight is 408 g/mol. The number of hydrogen-bond donors (Lipinski definition) is 1. The molecule has 6 nitrogen and oxygen atoms in total. The molecular weight excluding hydrogens is 378 g/mol. The fourth-order valence-corrected chi connectivity index (χ4v) is 3.84. The van der Waals surface area contributed by atoms with Gasteiger partial charge in [-0.3, -0.25) is 9.59 Å². The zero-order valence-electron chi connectivity index (χ0n) is 18.3. The Morgan fingerprint density at radius 3 is 2.77 bits per heavy atom. The van der Waals surface area contributed by atoms with Gasteiger partial charge in [-0.05, 0) is 64.5 Å². The van der Waals surface area contributed by atoms with Gasteiger partial charge in [0.05, 0.1) is 24.3 Å². The molecule has 1 N–H and O–H groups in total. The molecule has 2 atom stereocenters. The van der Waals surface area contributed by atoms with Gasteiger partial charge in [-0.1, -0.05) is 17.7 Å². The molecular formula is C24H29N3O3. The van der Waals surface area contributed by atoms with Gasteiger partial charge in [0.2, 0.25) is 0 Å². The van der Waals surface area contributed by atoms with Crippen molar-refractivity contribution in [3.63, 3.8) is 0 Å². The molecule has 2 unspecified atom stereocenters. The maximum atomic E-state index is 13.1. The van der Waals surface area contributed by atoms with E-state index in [1.165, 1.54) is 0 Å². The van der Waals surface area contributed by atoms with Gasteiger partial charge in [-0.25, -0.2) is 4.99 Å². The Kier molecular flexibility index (Phi) is 6.37. The summed E-state index contributed by atoms with van der Waals surface area (Å²) < 4.78 is 8.00. The minimum atomic E-state index is -0.424. The molecule has 0 fully saturated rings. The molecule has 0 radical (unpaired) electrons. The van der Waals surface area contributed by atoms with Crippen molar-refractivity contribution in [2.24, 2.45) is 10.9 Å². The lowest BCUT2D eigenvalue weighted by molar-refractivity contribution is -0.120. The molecule has 3 heterocycles. The summed E-state index contributed by atoms with van der Waals surface area (Å²) in [4.78, 5) is 29.3. The first-order valence-electron chi connectivity index (χ1n) is 10.1. The molecule has 0 spiro atoms. The summed E-state index contributed by atoms with van der Waals surface area (Å²) in [5.41, 5.74) is 5.81. The van der Waals surface area contributed by atoms with E-state index in [1.54, 1.807) is 6.92 Å². The number of carbonyl (C=O) groups is 2. The molecule has 2 amide bonds. The predicted octanol–water partition coefficient (Wildman–Crippen LogP) is 4.19. The standard InChI is InChI=1S/C24H29N3O3/c1-14(2)13-30-18(6)22-17(5)20(11-19-8-7-9-27(19)22)23(28)25-12-21-15(3)10-16(4)26-24(21)29/h7-11,18,21H,1,12-13H2,2-6H3,(H,25,28). The number of allylic oxidation sites excluding steroid dienone is 1. The number of rotatable bonds is 7. The maximum Gasteiger partial charge on any atom is 0.254 e. The Bertz CT molecular complexity index is 1070. The number of carbonyl (C=O) groups excluding carboxylic acids is 2. The second kappa shape index (κ2) is 8.79. The largest absolute Gasteiger partial charge is 0.368 e. The van der Waals surface area contributed by atoms with Crippen LogP contribution in [0.15, 0.2) is 53.2 Å². The van der Waals surface area contributed by atoms with E-state index in [4.69, 9.17) is 4.74 Å². The molecule has 0 aliphatic carbocycles. The third kappa shape index (κ3) is 4.44. The Hall–Kier alpha value is -2.99. The Morgan fingerprint density at radius 2 is 2.10 bits per heavy atom. The summed E-state index contributed by atoms with van der Waals surface area (Å²) >= 11 is 0. The normalized spacial score (nSPS) is 17.5. The fraction of sp³-hybridized carbons (Fsp3) is 0.375. The predicted molar refractivity (Wildman–Crippen MR) is 119 cm³/mol. The van der Waals surface area contributed by atoms with Crippen LogP contribution in [-0.4, -0.2) is 35.1 Å². The number of ether oxygens (including phenoxy) is 1. The first kappa shape index (κ1) is 21.7. The van der Waals surface area contributed by atoms with Crippen molar-refractivity contribution >= 4 is 23.0 Å². The number of hydrogen-bond acceptors (Lipinski definition) is 3. The molecule has 0 saturated heterocycles. The number of amides is 2. The highest BCUT2D eigenvalue weighted by Crippen LogP contribution is 2.27. The quantitative estimate of drug-likeness (QED) is 0.700. The van der Waals surface area contributed by atoms with Crippen LogP contribution in [0.5, 0.6) is 0 Å². The maximum absolute atomic E-state index is 13.1. The lowest BCUT2D eigenvalue weighted by atomic mass is 9.95. The highest BCUT2D eigenvalue weighted by molar-refractivity contribution is 6.06. The summed E-state index contributed by atoms with van der Waals surface area (Å²) in [5, 5.41) is 2.92. The van der Waals surface area contributed by atoms with E-state index in [2.05, 4.69) is 16.9 Å². The second-order valence-corrected chi connectivity index (χ2v) is 8.02. The van der Waals surface area contributed by atoms with Crippen molar-refractivity contribution in [1.82, 2.24) is 9.72 Å². The lowest BCUT2D eigenvalue weighted by Crippen LogP contribution is -2.35. The summed E-state index contributed by atoms with van der Waals surface area (Å²) in [7, 11) is 0. The van der Waals surface area contributed by atoms with E-state index in [9.17, 15) is 9.59 Å². The lowest BCUT2D eigenvalue weighted by Gasteiger charge is -2.22. The van der Waals surface area contributed by atoms with Gasteiger partial charge in [-0.2, -0.15) is 0 Å². The Balaban J connectivity index is 1.86. The molecule has 1 aliphatic heterocycles. The number of dihydropyridines is 1. The van der Waals surface area contributed by atoms with Crippen molar-refractivity contribution < 1.29 is 14.3 Å². The molecule has 0 saturated carbocycles. The van der Waals surface area contributed by atoms with Gasteiger partial charge < -0.3 is 14.5 Å². The van der Waals surface area contributed by atoms with Crippen LogP contribution in [0.25, 0.3) is 5.52 Å². The first-order chi connectivity index (χ1) is 14.2. The Labute approximate surface area is 177 Å². The number of nitrogens with one attached hydrogen (secondary N) is 1. The van der Waals surface area contributed by atoms with Gasteiger partial charge in [0.1, 0.15) is 0 Å². The molecule has 2 aromatic rings. The first-order valence-corrected chi connectivity index (χ1v) is 10.1. The van der Waals surface area contributed by atoms with Crippen molar-refractivity contribution in [3.8, 4) is 0 Å². The number of aliphatic imine (C=N–C) groups is 1. The topological polar surface area (TPSA) is 72.2 Å². The molecule has 6 heteroatoms. The smallest absolute Gasteiger partial charge is 0.254 e. The minimum Gasteiger partial charge on any atom is -0.368 e. The molecule has 0 bridgehead atoms. The number of aromatic nitrogens is 1. The van der Waals surface area contributed by atoms with Crippen LogP contribution in [-0.2, 0) is 9.53 Å². The minimum absolute atomic E-state index is 0.212. The van der Waals surface area contributed by atoms with E-state index < -0.39 is 5.92 Å². The van der Waals surface area contributed by atoms with Crippen molar-refractivity contribution in [2.45, 2.75) is 40.7 Å². The van der Waals surface area contributed by atoms with Gasteiger partial charge in [0.25, 0.3) is 11.8 Å². The Morgan fingerprint density at radius 1 is 1.37 bits per heavy atom. The monoisotopic (exact) mass is 407 g/mol. The number of fused-ring (bicyclic) bond motifs is 1. The SMILES string of the molecule is C=C(C)COC(C)c1c(C)c(C(=O)NCC2C(=O)N=C(C)C=C2C)cc2cccn12. The van der Waals surface area contributed by atoms with E-state index in [1.807, 2.05) is 62.6 Å². The van der Waals surface area contributed by atoms with Crippen LogP contribution in [0.1, 0.15) is 55.4 Å². The van der Waals surface area contributed by atoms with Crippen LogP contribution in [0, 0.1) is 12.8 Å². The number of nitrogens with zero attached hydrogens (tertiary/aromatic N) is 2. The fourth-order valence-electron chi connectivity index (χ4n) is 3.84. The van der Waals surface area contributed by atoms with E-state index in [-0.39, 0.29) is 24.5 Å². The molecule has 30 heavy (non-hydrogen) atoms. The van der Waals surface area contributed by atoms with Gasteiger partial charge >= 0.3 is 0 Å². The number of pyridine rings is 1. The van der Waals surface area contributed by atoms with Gasteiger partial charge in [0, 0.05) is 29.5 Å². The van der Waals surface area contributed by atoms with E-state index >= 15 is 0 Å². The van der Waals surface area contributed by atoms with Crippen molar-refractivity contribution in [2.75, 3.05) is 13.2 Å².